The highest BCUT2D eigenvalue weighted by molar-refractivity contribution is 5.96. The molecule has 0 amide bonds. The molecule has 126 valence electrons. The van der Waals surface area contributed by atoms with Gasteiger partial charge in [0.1, 0.15) is 5.75 Å². The van der Waals surface area contributed by atoms with Gasteiger partial charge in [-0.2, -0.15) is 0 Å². The van der Waals surface area contributed by atoms with Crippen LogP contribution in [0.25, 0.3) is 33.5 Å². The molecule has 2 nitrogen and oxygen atoms in total. The number of pyridine rings is 1. The van der Waals surface area contributed by atoms with E-state index in [1.165, 1.54) is 0 Å². The Hall–Kier alpha value is -3.39. The molecule has 0 aliphatic carbocycles. The Kier molecular flexibility index (Phi) is 4.48. The lowest BCUT2D eigenvalue weighted by Gasteiger charge is -2.18. The maximum Gasteiger partial charge on any atom is 0.127 e. The van der Waals surface area contributed by atoms with Crippen molar-refractivity contribution in [1.29, 1.82) is 0 Å². The van der Waals surface area contributed by atoms with Crippen LogP contribution in [-0.4, -0.2) is 12.1 Å². The summed E-state index contributed by atoms with van der Waals surface area (Å²) in [5.74, 6) is 0.844. The predicted molar refractivity (Wildman–Crippen MR) is 107 cm³/mol. The summed E-state index contributed by atoms with van der Waals surface area (Å²) in [7, 11) is 1.71. The first kappa shape index (κ1) is 16.1. The molecule has 0 saturated heterocycles. The van der Waals surface area contributed by atoms with Crippen LogP contribution in [0.2, 0.25) is 0 Å². The zero-order chi connectivity index (χ0) is 17.8. The summed E-state index contributed by atoms with van der Waals surface area (Å²) in [5.41, 5.74) is 6.50. The molecule has 0 aliphatic rings. The van der Waals surface area contributed by atoms with Crippen LogP contribution in [0, 0.1) is 0 Å². The molecule has 26 heavy (non-hydrogen) atoms. The quantitative estimate of drug-likeness (QED) is 0.449. The van der Waals surface area contributed by atoms with Crippen molar-refractivity contribution in [2.24, 2.45) is 0 Å². The minimum atomic E-state index is 0.844. The number of aromatic nitrogens is 1. The van der Waals surface area contributed by atoms with Crippen LogP contribution in [0.5, 0.6) is 5.75 Å². The van der Waals surface area contributed by atoms with Gasteiger partial charge >= 0.3 is 0 Å². The number of hydrogen-bond acceptors (Lipinski definition) is 2. The third-order valence-electron chi connectivity index (χ3n) is 4.46. The maximum atomic E-state index is 5.72. The van der Waals surface area contributed by atoms with Crippen LogP contribution in [-0.2, 0) is 0 Å². The third kappa shape index (κ3) is 2.98. The summed E-state index contributed by atoms with van der Waals surface area (Å²) in [6, 6.07) is 30.9. The van der Waals surface area contributed by atoms with Crippen molar-refractivity contribution in [1.82, 2.24) is 4.98 Å². The highest BCUT2D eigenvalue weighted by Crippen LogP contribution is 2.44. The summed E-state index contributed by atoms with van der Waals surface area (Å²) in [6.45, 7) is 0. The normalized spacial score (nSPS) is 10.5. The molecule has 0 N–H and O–H groups in total. The second-order valence-corrected chi connectivity index (χ2v) is 6.01. The number of rotatable bonds is 4. The first-order chi connectivity index (χ1) is 12.9. The summed E-state index contributed by atoms with van der Waals surface area (Å²) >= 11 is 0. The second-order valence-electron chi connectivity index (χ2n) is 6.01. The van der Waals surface area contributed by atoms with Gasteiger partial charge in [-0.3, -0.25) is 4.98 Å². The van der Waals surface area contributed by atoms with E-state index in [2.05, 4.69) is 47.4 Å². The summed E-state index contributed by atoms with van der Waals surface area (Å²) in [6.07, 6.45) is 1.83. The van der Waals surface area contributed by atoms with Gasteiger partial charge in [0.15, 0.2) is 0 Å². The Morgan fingerprint density at radius 3 is 1.88 bits per heavy atom. The molecule has 2 heteroatoms. The van der Waals surface area contributed by atoms with Crippen LogP contribution >= 0.6 is 0 Å². The fourth-order valence-corrected chi connectivity index (χ4v) is 3.28. The lowest BCUT2D eigenvalue weighted by molar-refractivity contribution is 0.416. The number of nitrogens with zero attached hydrogens (tertiary/aromatic N) is 1. The standard InChI is InChI=1S/C24H19NO/c1-26-22-16-15-20(18-10-4-2-5-11-18)24(21-14-8-9-17-25-21)23(22)19-12-6-3-7-13-19/h2-17H,1H3. The molecular formula is C24H19NO. The first-order valence-electron chi connectivity index (χ1n) is 8.61. The largest absolute Gasteiger partial charge is 0.496 e. The smallest absolute Gasteiger partial charge is 0.127 e. The van der Waals surface area contributed by atoms with Crippen LogP contribution in [0.1, 0.15) is 0 Å². The van der Waals surface area contributed by atoms with E-state index in [4.69, 9.17) is 4.74 Å². The average molecular weight is 337 g/mol. The lowest BCUT2D eigenvalue weighted by atomic mass is 9.89. The molecule has 0 aliphatic heterocycles. The van der Waals surface area contributed by atoms with Crippen molar-refractivity contribution in [2.75, 3.05) is 7.11 Å². The third-order valence-corrected chi connectivity index (χ3v) is 4.46. The van der Waals surface area contributed by atoms with Crippen molar-refractivity contribution in [3.63, 3.8) is 0 Å². The van der Waals surface area contributed by atoms with Crippen molar-refractivity contribution in [2.45, 2.75) is 0 Å². The van der Waals surface area contributed by atoms with E-state index in [-0.39, 0.29) is 0 Å². The van der Waals surface area contributed by atoms with Gasteiger partial charge in [-0.05, 0) is 41.0 Å². The monoisotopic (exact) mass is 337 g/mol. The summed E-state index contributed by atoms with van der Waals surface area (Å²) < 4.78 is 5.72. The lowest BCUT2D eigenvalue weighted by Crippen LogP contribution is -1.96. The fourth-order valence-electron chi connectivity index (χ4n) is 3.28. The van der Waals surface area contributed by atoms with Gasteiger partial charge in [0.25, 0.3) is 0 Å². The second kappa shape index (κ2) is 7.24. The Balaban J connectivity index is 2.09. The van der Waals surface area contributed by atoms with E-state index in [9.17, 15) is 0 Å². The molecule has 4 aromatic rings. The zero-order valence-electron chi connectivity index (χ0n) is 14.6. The highest BCUT2D eigenvalue weighted by Gasteiger charge is 2.19. The van der Waals surface area contributed by atoms with Crippen molar-refractivity contribution in [3.05, 3.63) is 97.2 Å². The Bertz CT molecular complexity index is 996. The van der Waals surface area contributed by atoms with Gasteiger partial charge < -0.3 is 4.74 Å². The molecule has 0 unspecified atom stereocenters. The van der Waals surface area contributed by atoms with Crippen LogP contribution in [0.4, 0.5) is 0 Å². The molecular weight excluding hydrogens is 318 g/mol. The molecule has 0 bridgehead atoms. The molecule has 0 fully saturated rings. The molecule has 0 atom stereocenters. The number of benzene rings is 3. The Morgan fingerprint density at radius 1 is 0.615 bits per heavy atom. The van der Waals surface area contributed by atoms with Crippen LogP contribution < -0.4 is 4.74 Å². The molecule has 0 saturated carbocycles. The first-order valence-corrected chi connectivity index (χ1v) is 8.61. The molecule has 3 aromatic carbocycles. The van der Waals surface area contributed by atoms with Gasteiger partial charge in [0.2, 0.25) is 0 Å². The molecule has 1 aromatic heterocycles. The van der Waals surface area contributed by atoms with Gasteiger partial charge in [0, 0.05) is 17.3 Å². The minimum absolute atomic E-state index is 0.844. The Labute approximate surface area is 153 Å². The highest BCUT2D eigenvalue weighted by atomic mass is 16.5. The number of hydrogen-bond donors (Lipinski definition) is 0. The maximum absolute atomic E-state index is 5.72. The topological polar surface area (TPSA) is 22.1 Å². The average Bonchev–Trinajstić information content (AvgIpc) is 2.74. The summed E-state index contributed by atoms with van der Waals surface area (Å²) in [4.78, 5) is 4.64. The van der Waals surface area contributed by atoms with Gasteiger partial charge in [-0.25, -0.2) is 0 Å². The van der Waals surface area contributed by atoms with Crippen molar-refractivity contribution >= 4 is 0 Å². The van der Waals surface area contributed by atoms with E-state index in [1.807, 2.05) is 54.7 Å². The van der Waals surface area contributed by atoms with E-state index >= 15 is 0 Å². The van der Waals surface area contributed by atoms with Gasteiger partial charge in [0.05, 0.1) is 12.8 Å². The van der Waals surface area contributed by atoms with E-state index in [1.54, 1.807) is 7.11 Å². The van der Waals surface area contributed by atoms with Crippen molar-refractivity contribution in [3.8, 4) is 39.3 Å². The minimum Gasteiger partial charge on any atom is -0.496 e. The van der Waals surface area contributed by atoms with Crippen LogP contribution in [0.15, 0.2) is 97.2 Å². The molecule has 0 spiro atoms. The molecule has 0 radical (unpaired) electrons. The van der Waals surface area contributed by atoms with E-state index in [0.29, 0.717) is 0 Å². The van der Waals surface area contributed by atoms with Gasteiger partial charge in [-0.1, -0.05) is 66.7 Å². The molecule has 4 rings (SSSR count). The number of methoxy groups -OCH3 is 1. The van der Waals surface area contributed by atoms with Gasteiger partial charge in [-0.15, -0.1) is 0 Å². The number of ether oxygens (including phenoxy) is 1. The van der Waals surface area contributed by atoms with E-state index in [0.717, 1.165) is 39.3 Å². The predicted octanol–water partition coefficient (Wildman–Crippen LogP) is 6.09. The SMILES string of the molecule is COc1ccc(-c2ccccc2)c(-c2ccccn2)c1-c1ccccc1. The van der Waals surface area contributed by atoms with Crippen LogP contribution in [0.3, 0.4) is 0 Å². The fraction of sp³-hybridized carbons (Fsp3) is 0.0417. The summed E-state index contributed by atoms with van der Waals surface area (Å²) in [5, 5.41) is 0. The zero-order valence-corrected chi connectivity index (χ0v) is 14.6. The molecule has 1 heterocycles. The van der Waals surface area contributed by atoms with E-state index < -0.39 is 0 Å². The van der Waals surface area contributed by atoms with Crippen molar-refractivity contribution < 1.29 is 4.74 Å². The Morgan fingerprint density at radius 2 is 1.27 bits per heavy atom.